The molecule has 0 fully saturated rings. The van der Waals surface area contributed by atoms with E-state index in [1.807, 2.05) is 38.1 Å². The van der Waals surface area contributed by atoms with Crippen LogP contribution in [0.25, 0.3) is 0 Å². The molecule has 1 rings (SSSR count). The number of nitrogens with one attached hydrogen (secondary N) is 1. The summed E-state index contributed by atoms with van der Waals surface area (Å²) in [4.78, 5) is 11.6. The lowest BCUT2D eigenvalue weighted by Gasteiger charge is -2.17. The third-order valence-electron chi connectivity index (χ3n) is 2.66. The van der Waals surface area contributed by atoms with Crippen LogP contribution in [0.2, 0.25) is 0 Å². The minimum Gasteiger partial charge on any atom is -0.372 e. The van der Waals surface area contributed by atoms with E-state index in [1.54, 1.807) is 6.92 Å². The van der Waals surface area contributed by atoms with Gasteiger partial charge in [-0.15, -0.1) is 0 Å². The Hall–Kier alpha value is -1.35. The SMILES string of the molecule is COC(C)C(=O)NC(C)c1ccc(C)cc1. The van der Waals surface area contributed by atoms with Crippen LogP contribution < -0.4 is 5.32 Å². The topological polar surface area (TPSA) is 38.3 Å². The maximum Gasteiger partial charge on any atom is 0.249 e. The number of hydrogen-bond acceptors (Lipinski definition) is 2. The van der Waals surface area contributed by atoms with E-state index in [-0.39, 0.29) is 11.9 Å². The number of benzene rings is 1. The second kappa shape index (κ2) is 5.66. The Bertz CT molecular complexity index is 345. The first-order valence-corrected chi connectivity index (χ1v) is 5.44. The molecule has 0 aliphatic heterocycles. The Labute approximate surface area is 96.8 Å². The summed E-state index contributed by atoms with van der Waals surface area (Å²) >= 11 is 0. The lowest BCUT2D eigenvalue weighted by molar-refractivity contribution is -0.130. The first-order valence-electron chi connectivity index (χ1n) is 5.44. The van der Waals surface area contributed by atoms with Crippen molar-refractivity contribution in [2.24, 2.45) is 0 Å². The average molecular weight is 221 g/mol. The molecule has 0 aromatic heterocycles. The molecule has 0 aliphatic carbocycles. The first kappa shape index (κ1) is 12.7. The molecule has 0 spiro atoms. The fourth-order valence-corrected chi connectivity index (χ4v) is 1.38. The lowest BCUT2D eigenvalue weighted by atomic mass is 10.1. The molecule has 2 atom stereocenters. The maximum atomic E-state index is 11.6. The Morgan fingerprint density at radius 2 is 1.81 bits per heavy atom. The van der Waals surface area contributed by atoms with E-state index < -0.39 is 6.10 Å². The molecule has 1 amide bonds. The van der Waals surface area contributed by atoms with E-state index in [2.05, 4.69) is 5.32 Å². The van der Waals surface area contributed by atoms with Crippen molar-refractivity contribution in [1.29, 1.82) is 0 Å². The normalized spacial score (nSPS) is 14.2. The van der Waals surface area contributed by atoms with E-state index in [0.717, 1.165) is 5.56 Å². The summed E-state index contributed by atoms with van der Waals surface area (Å²) in [5.41, 5.74) is 2.31. The van der Waals surface area contributed by atoms with Gasteiger partial charge >= 0.3 is 0 Å². The average Bonchev–Trinajstić information content (AvgIpc) is 2.28. The molecule has 0 heterocycles. The maximum absolute atomic E-state index is 11.6. The monoisotopic (exact) mass is 221 g/mol. The fraction of sp³-hybridized carbons (Fsp3) is 0.462. The standard InChI is InChI=1S/C13H19NO2/c1-9-5-7-12(8-6-9)10(2)14-13(15)11(3)16-4/h5-8,10-11H,1-4H3,(H,14,15). The molecule has 3 nitrogen and oxygen atoms in total. The number of carbonyl (C=O) groups excluding carboxylic acids is 1. The van der Waals surface area contributed by atoms with E-state index in [4.69, 9.17) is 4.74 Å². The molecule has 0 radical (unpaired) electrons. The summed E-state index contributed by atoms with van der Waals surface area (Å²) < 4.78 is 4.96. The van der Waals surface area contributed by atoms with Crippen molar-refractivity contribution in [2.75, 3.05) is 7.11 Å². The molecule has 0 saturated heterocycles. The van der Waals surface area contributed by atoms with Crippen LogP contribution in [0.15, 0.2) is 24.3 Å². The van der Waals surface area contributed by atoms with Gasteiger partial charge in [-0.3, -0.25) is 4.79 Å². The van der Waals surface area contributed by atoms with Crippen molar-refractivity contribution in [3.63, 3.8) is 0 Å². The Kier molecular flexibility index (Phi) is 4.50. The van der Waals surface area contributed by atoms with Crippen molar-refractivity contribution >= 4 is 5.91 Å². The van der Waals surface area contributed by atoms with Crippen LogP contribution in [-0.4, -0.2) is 19.1 Å². The van der Waals surface area contributed by atoms with Crippen LogP contribution in [0.5, 0.6) is 0 Å². The number of ether oxygens (including phenoxy) is 1. The van der Waals surface area contributed by atoms with Gasteiger partial charge in [-0.05, 0) is 26.3 Å². The second-order valence-electron chi connectivity index (χ2n) is 4.02. The Balaban J connectivity index is 2.62. The van der Waals surface area contributed by atoms with Gasteiger partial charge in [0.15, 0.2) is 0 Å². The van der Waals surface area contributed by atoms with Crippen molar-refractivity contribution in [1.82, 2.24) is 5.32 Å². The van der Waals surface area contributed by atoms with Crippen molar-refractivity contribution in [3.8, 4) is 0 Å². The highest BCUT2D eigenvalue weighted by atomic mass is 16.5. The van der Waals surface area contributed by atoms with Crippen molar-refractivity contribution in [3.05, 3.63) is 35.4 Å². The number of rotatable bonds is 4. The van der Waals surface area contributed by atoms with E-state index >= 15 is 0 Å². The largest absolute Gasteiger partial charge is 0.372 e. The Morgan fingerprint density at radius 1 is 1.25 bits per heavy atom. The van der Waals surface area contributed by atoms with Gasteiger partial charge in [-0.2, -0.15) is 0 Å². The fourth-order valence-electron chi connectivity index (χ4n) is 1.38. The van der Waals surface area contributed by atoms with Crippen molar-refractivity contribution < 1.29 is 9.53 Å². The van der Waals surface area contributed by atoms with Gasteiger partial charge in [0, 0.05) is 7.11 Å². The number of carbonyl (C=O) groups is 1. The van der Waals surface area contributed by atoms with Gasteiger partial charge in [0.05, 0.1) is 6.04 Å². The zero-order valence-corrected chi connectivity index (χ0v) is 10.3. The third-order valence-corrected chi connectivity index (χ3v) is 2.66. The van der Waals surface area contributed by atoms with Gasteiger partial charge in [-0.1, -0.05) is 29.8 Å². The zero-order chi connectivity index (χ0) is 12.1. The first-order chi connectivity index (χ1) is 7.54. The molecule has 3 heteroatoms. The van der Waals surface area contributed by atoms with E-state index in [1.165, 1.54) is 12.7 Å². The molecule has 16 heavy (non-hydrogen) atoms. The number of aryl methyl sites for hydroxylation is 1. The summed E-state index contributed by atoms with van der Waals surface area (Å²) in [7, 11) is 1.53. The summed E-state index contributed by atoms with van der Waals surface area (Å²) in [6, 6.07) is 8.14. The quantitative estimate of drug-likeness (QED) is 0.846. The summed E-state index contributed by atoms with van der Waals surface area (Å²) in [6.07, 6.45) is -0.409. The van der Waals surface area contributed by atoms with Gasteiger partial charge in [0.25, 0.3) is 0 Å². The Morgan fingerprint density at radius 3 is 2.31 bits per heavy atom. The van der Waals surface area contributed by atoms with Gasteiger partial charge < -0.3 is 10.1 Å². The molecule has 1 aromatic rings. The molecule has 2 unspecified atom stereocenters. The summed E-state index contributed by atoms with van der Waals surface area (Å²) in [5, 5.41) is 2.90. The van der Waals surface area contributed by atoms with Crippen LogP contribution in [0.1, 0.15) is 31.0 Å². The molecule has 0 aliphatic rings. The summed E-state index contributed by atoms with van der Waals surface area (Å²) in [5.74, 6) is -0.0874. The van der Waals surface area contributed by atoms with Crippen LogP contribution >= 0.6 is 0 Å². The van der Waals surface area contributed by atoms with Crippen LogP contribution in [0.4, 0.5) is 0 Å². The number of methoxy groups -OCH3 is 1. The van der Waals surface area contributed by atoms with Crippen LogP contribution in [-0.2, 0) is 9.53 Å². The minimum atomic E-state index is -0.409. The molecular formula is C13H19NO2. The third kappa shape index (κ3) is 3.35. The molecule has 1 aromatic carbocycles. The van der Waals surface area contributed by atoms with E-state index in [0.29, 0.717) is 0 Å². The molecule has 88 valence electrons. The second-order valence-corrected chi connectivity index (χ2v) is 4.02. The lowest BCUT2D eigenvalue weighted by Crippen LogP contribution is -2.35. The highest BCUT2D eigenvalue weighted by Crippen LogP contribution is 2.13. The van der Waals surface area contributed by atoms with Crippen LogP contribution in [0, 0.1) is 6.92 Å². The smallest absolute Gasteiger partial charge is 0.249 e. The molecule has 0 saturated carbocycles. The highest BCUT2D eigenvalue weighted by molar-refractivity contribution is 5.80. The predicted octanol–water partition coefficient (Wildman–Crippen LogP) is 2.21. The minimum absolute atomic E-state index is 0.00528. The number of hydrogen-bond donors (Lipinski definition) is 1. The summed E-state index contributed by atoms with van der Waals surface area (Å²) in [6.45, 7) is 5.74. The van der Waals surface area contributed by atoms with E-state index in [9.17, 15) is 4.79 Å². The highest BCUT2D eigenvalue weighted by Gasteiger charge is 2.14. The van der Waals surface area contributed by atoms with Crippen molar-refractivity contribution in [2.45, 2.75) is 32.9 Å². The van der Waals surface area contributed by atoms with Gasteiger partial charge in [-0.25, -0.2) is 0 Å². The molecular weight excluding hydrogens is 202 g/mol. The number of amides is 1. The predicted molar refractivity (Wildman–Crippen MR) is 64.2 cm³/mol. The van der Waals surface area contributed by atoms with Gasteiger partial charge in [0.1, 0.15) is 6.10 Å². The molecule has 1 N–H and O–H groups in total. The zero-order valence-electron chi connectivity index (χ0n) is 10.3. The van der Waals surface area contributed by atoms with Crippen LogP contribution in [0.3, 0.4) is 0 Å². The molecule has 0 bridgehead atoms. The van der Waals surface area contributed by atoms with Gasteiger partial charge in [0.2, 0.25) is 5.91 Å².